The van der Waals surface area contributed by atoms with Gasteiger partial charge in [0.05, 0.1) is 6.10 Å². The third kappa shape index (κ3) is 4.89. The molecule has 0 aliphatic carbocycles. The lowest BCUT2D eigenvalue weighted by atomic mass is 10.1. The van der Waals surface area contributed by atoms with E-state index in [1.165, 1.54) is 0 Å². The van der Waals surface area contributed by atoms with Gasteiger partial charge in [0, 0.05) is 19.2 Å². The quantitative estimate of drug-likeness (QED) is 0.354. The number of nitrogens with zero attached hydrogens (tertiary/aromatic N) is 2. The summed E-state index contributed by atoms with van der Waals surface area (Å²) in [6, 6.07) is 7.19. The minimum absolute atomic E-state index is 0.0243. The zero-order valence-electron chi connectivity index (χ0n) is 12.0. The van der Waals surface area contributed by atoms with Crippen molar-refractivity contribution < 1.29 is 14.7 Å². The minimum Gasteiger partial charge on any atom is -0.409 e. The zero-order valence-corrected chi connectivity index (χ0v) is 12.0. The smallest absolute Gasteiger partial charge is 0.248 e. The molecule has 0 radical (unpaired) electrons. The van der Waals surface area contributed by atoms with E-state index >= 15 is 0 Å². The average Bonchev–Trinajstić information content (AvgIpc) is 2.43. The predicted octanol–water partition coefficient (Wildman–Crippen LogP) is 1.16. The van der Waals surface area contributed by atoms with Crippen LogP contribution in [0.2, 0.25) is 0 Å². The van der Waals surface area contributed by atoms with E-state index in [0.717, 1.165) is 5.56 Å². The summed E-state index contributed by atoms with van der Waals surface area (Å²) >= 11 is 0. The third-order valence-electron chi connectivity index (χ3n) is 2.72. The van der Waals surface area contributed by atoms with Crippen molar-refractivity contribution in [2.45, 2.75) is 26.5 Å². The zero-order chi connectivity index (χ0) is 15.1. The summed E-state index contributed by atoms with van der Waals surface area (Å²) in [5, 5.41) is 11.6. The van der Waals surface area contributed by atoms with Gasteiger partial charge in [0.2, 0.25) is 5.91 Å². The SMILES string of the molecule is CC(C)OCC(=O)N(C)Cc1cccc(/C(N)=N/O)c1. The van der Waals surface area contributed by atoms with Crippen molar-refractivity contribution >= 4 is 11.7 Å². The highest BCUT2D eigenvalue weighted by Gasteiger charge is 2.11. The van der Waals surface area contributed by atoms with E-state index in [-0.39, 0.29) is 24.5 Å². The van der Waals surface area contributed by atoms with Gasteiger partial charge in [-0.3, -0.25) is 4.79 Å². The number of likely N-dealkylation sites (N-methyl/N-ethyl adjacent to an activating group) is 1. The van der Waals surface area contributed by atoms with Crippen molar-refractivity contribution in [3.8, 4) is 0 Å². The highest BCUT2D eigenvalue weighted by molar-refractivity contribution is 5.97. The third-order valence-corrected chi connectivity index (χ3v) is 2.72. The summed E-state index contributed by atoms with van der Waals surface area (Å²) in [6.45, 7) is 4.27. The van der Waals surface area contributed by atoms with Crippen LogP contribution in [0, 0.1) is 0 Å². The molecule has 0 saturated heterocycles. The molecule has 110 valence electrons. The van der Waals surface area contributed by atoms with Gasteiger partial charge < -0.3 is 20.6 Å². The molecule has 0 bridgehead atoms. The van der Waals surface area contributed by atoms with Crippen molar-refractivity contribution in [2.75, 3.05) is 13.7 Å². The maximum atomic E-state index is 11.8. The van der Waals surface area contributed by atoms with Crippen molar-refractivity contribution in [3.05, 3.63) is 35.4 Å². The first-order chi connectivity index (χ1) is 9.43. The average molecular weight is 279 g/mol. The Hall–Kier alpha value is -2.08. The summed E-state index contributed by atoms with van der Waals surface area (Å²) in [5.41, 5.74) is 7.05. The number of benzene rings is 1. The maximum absolute atomic E-state index is 11.8. The van der Waals surface area contributed by atoms with E-state index in [9.17, 15) is 4.79 Å². The van der Waals surface area contributed by atoms with E-state index in [1.54, 1.807) is 30.1 Å². The number of oxime groups is 1. The van der Waals surface area contributed by atoms with Crippen LogP contribution in [0.25, 0.3) is 0 Å². The second-order valence-corrected chi connectivity index (χ2v) is 4.80. The monoisotopic (exact) mass is 279 g/mol. The van der Waals surface area contributed by atoms with E-state index in [1.807, 2.05) is 19.9 Å². The summed E-state index contributed by atoms with van der Waals surface area (Å²) in [6.07, 6.45) is 0.0243. The number of carbonyl (C=O) groups excluding carboxylic acids is 1. The maximum Gasteiger partial charge on any atom is 0.248 e. The molecule has 6 heteroatoms. The molecule has 0 aliphatic heterocycles. The van der Waals surface area contributed by atoms with Gasteiger partial charge in [-0.05, 0) is 25.5 Å². The molecule has 20 heavy (non-hydrogen) atoms. The van der Waals surface area contributed by atoms with Gasteiger partial charge in [-0.25, -0.2) is 0 Å². The van der Waals surface area contributed by atoms with E-state index < -0.39 is 0 Å². The van der Waals surface area contributed by atoms with Crippen LogP contribution in [0.5, 0.6) is 0 Å². The highest BCUT2D eigenvalue weighted by Crippen LogP contribution is 2.08. The fourth-order valence-corrected chi connectivity index (χ4v) is 1.60. The number of hydrogen-bond acceptors (Lipinski definition) is 4. The van der Waals surface area contributed by atoms with Crippen LogP contribution in [0.15, 0.2) is 29.4 Å². The van der Waals surface area contributed by atoms with Crippen molar-refractivity contribution in [2.24, 2.45) is 10.9 Å². The Balaban J connectivity index is 2.66. The standard InChI is InChI=1S/C14H21N3O3/c1-10(2)20-9-13(18)17(3)8-11-5-4-6-12(7-11)14(15)16-19/h4-7,10,19H,8-9H2,1-3H3,(H2,15,16). The molecule has 0 spiro atoms. The molecule has 0 aromatic heterocycles. The number of amides is 1. The van der Waals surface area contributed by atoms with Gasteiger partial charge >= 0.3 is 0 Å². The van der Waals surface area contributed by atoms with E-state index in [4.69, 9.17) is 15.7 Å². The molecule has 0 saturated carbocycles. The molecule has 1 amide bonds. The molecular formula is C14H21N3O3. The Labute approximate surface area is 118 Å². The predicted molar refractivity (Wildman–Crippen MR) is 76.5 cm³/mol. The molecule has 1 aromatic rings. The molecule has 6 nitrogen and oxygen atoms in total. The topological polar surface area (TPSA) is 88.2 Å². The molecule has 0 heterocycles. The summed E-state index contributed by atoms with van der Waals surface area (Å²) in [5.74, 6) is -0.0446. The number of nitrogens with two attached hydrogens (primary N) is 1. The fourth-order valence-electron chi connectivity index (χ4n) is 1.60. The fraction of sp³-hybridized carbons (Fsp3) is 0.429. The summed E-state index contributed by atoms with van der Waals surface area (Å²) in [7, 11) is 1.71. The second-order valence-electron chi connectivity index (χ2n) is 4.80. The van der Waals surface area contributed by atoms with Gasteiger partial charge in [0.25, 0.3) is 0 Å². The van der Waals surface area contributed by atoms with Crippen LogP contribution in [-0.4, -0.2) is 41.6 Å². The molecule has 0 fully saturated rings. The number of carbonyl (C=O) groups is 1. The molecule has 0 atom stereocenters. The normalized spacial score (nSPS) is 11.7. The van der Waals surface area contributed by atoms with Crippen LogP contribution in [0.1, 0.15) is 25.0 Å². The largest absolute Gasteiger partial charge is 0.409 e. The first-order valence-corrected chi connectivity index (χ1v) is 6.36. The van der Waals surface area contributed by atoms with Crippen molar-refractivity contribution in [3.63, 3.8) is 0 Å². The number of amidine groups is 1. The van der Waals surface area contributed by atoms with Gasteiger partial charge in [-0.15, -0.1) is 0 Å². The van der Waals surface area contributed by atoms with Crippen LogP contribution >= 0.6 is 0 Å². The Morgan fingerprint density at radius 3 is 2.80 bits per heavy atom. The lowest BCUT2D eigenvalue weighted by Gasteiger charge is -2.18. The minimum atomic E-state index is -0.0899. The van der Waals surface area contributed by atoms with Crippen LogP contribution in [0.3, 0.4) is 0 Å². The Morgan fingerprint density at radius 1 is 1.50 bits per heavy atom. The van der Waals surface area contributed by atoms with Crippen molar-refractivity contribution in [1.82, 2.24) is 4.90 Å². The lowest BCUT2D eigenvalue weighted by Crippen LogP contribution is -2.30. The van der Waals surface area contributed by atoms with Gasteiger partial charge in [0.1, 0.15) is 6.61 Å². The molecule has 3 N–H and O–H groups in total. The number of rotatable bonds is 6. The molecule has 0 aliphatic rings. The Bertz CT molecular complexity index is 486. The van der Waals surface area contributed by atoms with E-state index in [0.29, 0.717) is 12.1 Å². The Morgan fingerprint density at radius 2 is 2.20 bits per heavy atom. The Kier molecular flexibility index (Phi) is 5.99. The first-order valence-electron chi connectivity index (χ1n) is 6.36. The molecule has 1 aromatic carbocycles. The van der Waals surface area contributed by atoms with Crippen molar-refractivity contribution in [1.29, 1.82) is 0 Å². The highest BCUT2D eigenvalue weighted by atomic mass is 16.5. The number of ether oxygens (including phenoxy) is 1. The van der Waals surface area contributed by atoms with E-state index in [2.05, 4.69) is 5.16 Å². The molecule has 0 unspecified atom stereocenters. The number of hydrogen-bond donors (Lipinski definition) is 2. The van der Waals surface area contributed by atoms with Gasteiger partial charge in [-0.1, -0.05) is 23.4 Å². The van der Waals surface area contributed by atoms with Gasteiger partial charge in [0.15, 0.2) is 5.84 Å². The van der Waals surface area contributed by atoms with Crippen LogP contribution in [-0.2, 0) is 16.1 Å². The van der Waals surface area contributed by atoms with Crippen LogP contribution < -0.4 is 5.73 Å². The molecular weight excluding hydrogens is 258 g/mol. The van der Waals surface area contributed by atoms with Crippen LogP contribution in [0.4, 0.5) is 0 Å². The second kappa shape index (κ2) is 7.49. The summed E-state index contributed by atoms with van der Waals surface area (Å²) in [4.78, 5) is 13.4. The molecule has 1 rings (SSSR count). The lowest BCUT2D eigenvalue weighted by molar-refractivity contribution is -0.136. The summed E-state index contributed by atoms with van der Waals surface area (Å²) < 4.78 is 5.28. The van der Waals surface area contributed by atoms with Gasteiger partial charge in [-0.2, -0.15) is 0 Å². The first kappa shape index (κ1) is 16.0.